The number of hydrogen-bond acceptors (Lipinski definition) is 3. The zero-order valence-electron chi connectivity index (χ0n) is 8.46. The predicted molar refractivity (Wildman–Crippen MR) is 61.8 cm³/mol. The van der Waals surface area contributed by atoms with Gasteiger partial charge in [0.05, 0.1) is 6.61 Å². The molecular weight excluding hydrogens is 258 g/mol. The summed E-state index contributed by atoms with van der Waals surface area (Å²) in [6.45, 7) is 1.69. The summed E-state index contributed by atoms with van der Waals surface area (Å²) in [7, 11) is 0. The van der Waals surface area contributed by atoms with Crippen LogP contribution in [0.1, 0.15) is 17.5 Å². The van der Waals surface area contributed by atoms with Gasteiger partial charge in [-0.25, -0.2) is 0 Å². The second-order valence-corrected chi connectivity index (χ2v) is 4.47. The van der Waals surface area contributed by atoms with E-state index in [1.807, 2.05) is 6.07 Å². The Labute approximate surface area is 97.7 Å². The lowest BCUT2D eigenvalue weighted by atomic mass is 10.0. The zero-order valence-corrected chi connectivity index (χ0v) is 10.0. The second kappa shape index (κ2) is 4.96. The second-order valence-electron chi connectivity index (χ2n) is 3.56. The molecule has 82 valence electrons. The van der Waals surface area contributed by atoms with Gasteiger partial charge in [0, 0.05) is 10.0 Å². The maximum absolute atomic E-state index is 5.52. The largest absolute Gasteiger partial charge is 0.467 e. The Bertz CT molecular complexity index is 355. The number of fused-ring (bicyclic) bond motifs is 1. The highest BCUT2D eigenvalue weighted by Crippen LogP contribution is 2.32. The Hall–Kier alpha value is -0.580. The summed E-state index contributed by atoms with van der Waals surface area (Å²) >= 11 is 3.49. The van der Waals surface area contributed by atoms with Crippen LogP contribution in [0.2, 0.25) is 0 Å². The molecule has 1 aliphatic heterocycles. The van der Waals surface area contributed by atoms with Gasteiger partial charge in [0.2, 0.25) is 0 Å². The highest BCUT2D eigenvalue weighted by molar-refractivity contribution is 9.10. The first-order valence-electron chi connectivity index (χ1n) is 5.03. The van der Waals surface area contributed by atoms with Crippen molar-refractivity contribution >= 4 is 15.9 Å². The van der Waals surface area contributed by atoms with Gasteiger partial charge in [-0.15, -0.1) is 0 Å². The summed E-state index contributed by atoms with van der Waals surface area (Å²) in [5.74, 6) is 0.984. The lowest BCUT2D eigenvalue weighted by Gasteiger charge is -2.21. The average molecular weight is 272 g/mol. The van der Waals surface area contributed by atoms with Crippen LogP contribution >= 0.6 is 15.9 Å². The summed E-state index contributed by atoms with van der Waals surface area (Å²) in [6, 6.07) is 4.14. The fourth-order valence-electron chi connectivity index (χ4n) is 1.73. The van der Waals surface area contributed by atoms with Crippen LogP contribution in [0.5, 0.6) is 5.75 Å². The highest BCUT2D eigenvalue weighted by Gasteiger charge is 2.15. The molecular formula is C11H14BrNO2. The van der Waals surface area contributed by atoms with Crippen LogP contribution in [0.3, 0.4) is 0 Å². The molecule has 0 spiro atoms. The predicted octanol–water partition coefficient (Wildman–Crippen LogP) is 2.21. The van der Waals surface area contributed by atoms with Gasteiger partial charge in [-0.2, -0.15) is 0 Å². The number of nitrogens with two attached hydrogens (primary N) is 1. The smallest absolute Gasteiger partial charge is 0.189 e. The molecule has 0 aliphatic carbocycles. The lowest BCUT2D eigenvalue weighted by molar-refractivity contribution is -0.0170. The van der Waals surface area contributed by atoms with E-state index in [0.717, 1.165) is 28.6 Å². The van der Waals surface area contributed by atoms with E-state index in [0.29, 0.717) is 19.9 Å². The Morgan fingerprint density at radius 1 is 1.40 bits per heavy atom. The van der Waals surface area contributed by atoms with E-state index >= 15 is 0 Å². The Morgan fingerprint density at radius 3 is 3.07 bits per heavy atom. The van der Waals surface area contributed by atoms with Crippen LogP contribution in [0.15, 0.2) is 16.6 Å². The quantitative estimate of drug-likeness (QED) is 0.917. The van der Waals surface area contributed by atoms with Gasteiger partial charge in [-0.1, -0.05) is 15.9 Å². The molecule has 0 radical (unpaired) electrons. The van der Waals surface area contributed by atoms with Crippen molar-refractivity contribution in [1.29, 1.82) is 0 Å². The Morgan fingerprint density at radius 2 is 2.27 bits per heavy atom. The molecule has 2 N–H and O–H groups in total. The van der Waals surface area contributed by atoms with Crippen molar-refractivity contribution in [2.45, 2.75) is 19.4 Å². The molecule has 0 aromatic heterocycles. The molecule has 1 aromatic rings. The Kier molecular flexibility index (Phi) is 3.61. The van der Waals surface area contributed by atoms with E-state index < -0.39 is 0 Å². The molecule has 0 bridgehead atoms. The number of benzene rings is 1. The third-order valence-corrected chi connectivity index (χ3v) is 2.86. The van der Waals surface area contributed by atoms with E-state index in [1.54, 1.807) is 0 Å². The third-order valence-electron chi connectivity index (χ3n) is 2.40. The number of aryl methyl sites for hydroxylation is 1. The molecule has 1 aromatic carbocycles. The highest BCUT2D eigenvalue weighted by atomic mass is 79.9. The molecule has 3 nitrogen and oxygen atoms in total. The molecule has 1 aliphatic rings. The van der Waals surface area contributed by atoms with E-state index in [-0.39, 0.29) is 0 Å². The number of hydrogen-bond donors (Lipinski definition) is 1. The van der Waals surface area contributed by atoms with Gasteiger partial charge in [0.25, 0.3) is 0 Å². The molecule has 2 rings (SSSR count). The fourth-order valence-corrected chi connectivity index (χ4v) is 2.29. The molecule has 1 heterocycles. The maximum atomic E-state index is 5.52. The number of halogens is 1. The van der Waals surface area contributed by atoms with Crippen LogP contribution in [-0.4, -0.2) is 13.3 Å². The van der Waals surface area contributed by atoms with Gasteiger partial charge < -0.3 is 15.2 Å². The van der Waals surface area contributed by atoms with Crippen LogP contribution < -0.4 is 10.5 Å². The van der Waals surface area contributed by atoms with Crippen molar-refractivity contribution < 1.29 is 9.47 Å². The minimum absolute atomic E-state index is 0.351. The monoisotopic (exact) mass is 271 g/mol. The summed E-state index contributed by atoms with van der Waals surface area (Å²) in [5.41, 5.74) is 7.84. The van der Waals surface area contributed by atoms with Crippen LogP contribution in [0.25, 0.3) is 0 Å². The van der Waals surface area contributed by atoms with Gasteiger partial charge in [0.15, 0.2) is 6.79 Å². The topological polar surface area (TPSA) is 44.5 Å². The third kappa shape index (κ3) is 2.51. The first-order valence-corrected chi connectivity index (χ1v) is 5.82. The van der Waals surface area contributed by atoms with Crippen molar-refractivity contribution in [3.05, 3.63) is 27.7 Å². The van der Waals surface area contributed by atoms with E-state index in [9.17, 15) is 0 Å². The summed E-state index contributed by atoms with van der Waals surface area (Å²) in [5, 5.41) is 0. The normalized spacial score (nSPS) is 14.5. The van der Waals surface area contributed by atoms with Gasteiger partial charge in [0.1, 0.15) is 5.75 Å². The molecule has 0 saturated carbocycles. The van der Waals surface area contributed by atoms with E-state index in [2.05, 4.69) is 22.0 Å². The summed E-state index contributed by atoms with van der Waals surface area (Å²) in [6.07, 6.45) is 1.94. The first kappa shape index (κ1) is 10.9. The van der Waals surface area contributed by atoms with Gasteiger partial charge in [-0.3, -0.25) is 0 Å². The summed E-state index contributed by atoms with van der Waals surface area (Å²) < 4.78 is 11.8. The van der Waals surface area contributed by atoms with Crippen LogP contribution in [-0.2, 0) is 17.8 Å². The van der Waals surface area contributed by atoms with Crippen molar-refractivity contribution in [3.8, 4) is 5.75 Å². The van der Waals surface area contributed by atoms with Crippen LogP contribution in [0, 0.1) is 0 Å². The Balaban J connectivity index is 2.30. The number of ether oxygens (including phenoxy) is 2. The van der Waals surface area contributed by atoms with Crippen LogP contribution in [0.4, 0.5) is 0 Å². The number of rotatable bonds is 3. The molecule has 0 saturated heterocycles. The zero-order chi connectivity index (χ0) is 10.7. The van der Waals surface area contributed by atoms with E-state index in [4.69, 9.17) is 15.2 Å². The average Bonchev–Trinajstić information content (AvgIpc) is 2.25. The molecule has 15 heavy (non-hydrogen) atoms. The van der Waals surface area contributed by atoms with Gasteiger partial charge >= 0.3 is 0 Å². The molecule has 0 amide bonds. The van der Waals surface area contributed by atoms with E-state index in [1.165, 1.54) is 5.56 Å². The van der Waals surface area contributed by atoms with Crippen molar-refractivity contribution in [2.24, 2.45) is 5.73 Å². The minimum atomic E-state index is 0.351. The maximum Gasteiger partial charge on any atom is 0.189 e. The lowest BCUT2D eigenvalue weighted by Crippen LogP contribution is -2.13. The summed E-state index contributed by atoms with van der Waals surface area (Å²) in [4.78, 5) is 0. The van der Waals surface area contributed by atoms with Crippen molar-refractivity contribution in [3.63, 3.8) is 0 Å². The van der Waals surface area contributed by atoms with Crippen molar-refractivity contribution in [2.75, 3.05) is 13.3 Å². The fraction of sp³-hybridized carbons (Fsp3) is 0.455. The minimum Gasteiger partial charge on any atom is -0.467 e. The first-order chi connectivity index (χ1) is 7.31. The molecule has 0 atom stereocenters. The molecule has 0 unspecified atom stereocenters. The van der Waals surface area contributed by atoms with Gasteiger partial charge in [-0.05, 0) is 37.1 Å². The molecule has 0 fully saturated rings. The molecule has 4 heteroatoms. The standard InChI is InChI=1S/C11H14BrNO2/c12-10-4-8(2-1-3-13)11-9(5-10)6-14-7-15-11/h4-5H,1-3,6-7,13H2. The SMILES string of the molecule is NCCCc1cc(Br)cc2c1OCOC2. The van der Waals surface area contributed by atoms with Crippen molar-refractivity contribution in [1.82, 2.24) is 0 Å².